The smallest absolute Gasteiger partial charge is 0.191 e. The zero-order chi connectivity index (χ0) is 16.9. The molecule has 1 fully saturated rings. The lowest BCUT2D eigenvalue weighted by molar-refractivity contribution is 0.184. The van der Waals surface area contributed by atoms with Crippen LogP contribution in [0.4, 0.5) is 0 Å². The van der Waals surface area contributed by atoms with Crippen LogP contribution in [0.3, 0.4) is 0 Å². The van der Waals surface area contributed by atoms with Gasteiger partial charge in [-0.25, -0.2) is 0 Å². The molecule has 1 aliphatic rings. The summed E-state index contributed by atoms with van der Waals surface area (Å²) in [7, 11) is 3.93. The third-order valence-electron chi connectivity index (χ3n) is 4.51. The highest BCUT2D eigenvalue weighted by molar-refractivity contribution is 14.0. The lowest BCUT2D eigenvalue weighted by Crippen LogP contribution is -2.41. The molecule has 3 N–H and O–H groups in total. The normalized spacial score (nSPS) is 19.6. The molecule has 0 saturated carbocycles. The molecular formula is C18H27IN4OS. The minimum absolute atomic E-state index is 0. The Morgan fingerprint density at radius 2 is 2.20 bits per heavy atom. The van der Waals surface area contributed by atoms with Gasteiger partial charge in [0.05, 0.1) is 0 Å². The van der Waals surface area contributed by atoms with E-state index < -0.39 is 6.10 Å². The van der Waals surface area contributed by atoms with Crippen molar-refractivity contribution >= 4 is 51.4 Å². The lowest BCUT2D eigenvalue weighted by atomic mass is 10.1. The van der Waals surface area contributed by atoms with Crippen molar-refractivity contribution in [3.63, 3.8) is 0 Å². The van der Waals surface area contributed by atoms with E-state index in [2.05, 4.69) is 45.8 Å². The highest BCUT2D eigenvalue weighted by atomic mass is 127. The van der Waals surface area contributed by atoms with Crippen LogP contribution in [0, 0.1) is 5.92 Å². The van der Waals surface area contributed by atoms with Crippen molar-refractivity contribution in [2.75, 3.05) is 40.3 Å². The molecule has 0 amide bonds. The Labute approximate surface area is 170 Å². The predicted octanol–water partition coefficient (Wildman–Crippen LogP) is 2.67. The monoisotopic (exact) mass is 474 g/mol. The minimum Gasteiger partial charge on any atom is -0.386 e. The first kappa shape index (κ1) is 20.4. The fourth-order valence-corrected chi connectivity index (χ4v) is 4.17. The molecule has 2 atom stereocenters. The van der Waals surface area contributed by atoms with Crippen molar-refractivity contribution in [1.82, 2.24) is 15.5 Å². The second-order valence-electron chi connectivity index (χ2n) is 6.45. The number of hydrogen-bond donors (Lipinski definition) is 3. The van der Waals surface area contributed by atoms with E-state index in [1.807, 2.05) is 12.1 Å². The summed E-state index contributed by atoms with van der Waals surface area (Å²) < 4.78 is 1.21. The quantitative estimate of drug-likeness (QED) is 0.355. The van der Waals surface area contributed by atoms with Crippen molar-refractivity contribution in [3.05, 3.63) is 35.2 Å². The molecule has 0 radical (unpaired) electrons. The van der Waals surface area contributed by atoms with Crippen molar-refractivity contribution < 1.29 is 5.11 Å². The number of likely N-dealkylation sites (tertiary alicyclic amines) is 1. The highest BCUT2D eigenvalue weighted by Crippen LogP contribution is 2.29. The number of fused-ring (bicyclic) bond motifs is 1. The summed E-state index contributed by atoms with van der Waals surface area (Å²) in [5.41, 5.74) is 0. The van der Waals surface area contributed by atoms with Crippen LogP contribution >= 0.6 is 35.3 Å². The van der Waals surface area contributed by atoms with Gasteiger partial charge < -0.3 is 20.6 Å². The lowest BCUT2D eigenvalue weighted by Gasteiger charge is -2.17. The molecule has 2 aromatic rings. The van der Waals surface area contributed by atoms with Crippen LogP contribution < -0.4 is 10.6 Å². The number of aliphatic imine (C=N–C) groups is 1. The molecule has 1 aromatic heterocycles. The molecule has 0 spiro atoms. The van der Waals surface area contributed by atoms with E-state index in [1.54, 1.807) is 18.4 Å². The summed E-state index contributed by atoms with van der Waals surface area (Å²) in [6.07, 6.45) is 0.698. The Balaban J connectivity index is 0.00000225. The number of nitrogens with one attached hydrogen (secondary N) is 2. The maximum absolute atomic E-state index is 10.4. The van der Waals surface area contributed by atoms with Gasteiger partial charge in [0, 0.05) is 36.3 Å². The Hall–Kier alpha value is -0.900. The van der Waals surface area contributed by atoms with Crippen LogP contribution in [0.15, 0.2) is 35.3 Å². The van der Waals surface area contributed by atoms with Gasteiger partial charge >= 0.3 is 0 Å². The van der Waals surface area contributed by atoms with E-state index in [0.717, 1.165) is 23.9 Å². The van der Waals surface area contributed by atoms with Crippen molar-refractivity contribution in [1.29, 1.82) is 0 Å². The molecule has 2 heterocycles. The van der Waals surface area contributed by atoms with Gasteiger partial charge in [-0.05, 0) is 43.5 Å². The molecule has 2 unspecified atom stereocenters. The Morgan fingerprint density at radius 3 is 2.88 bits per heavy atom. The largest absolute Gasteiger partial charge is 0.386 e. The molecule has 0 bridgehead atoms. The van der Waals surface area contributed by atoms with Crippen molar-refractivity contribution in [2.45, 2.75) is 12.5 Å². The van der Waals surface area contributed by atoms with E-state index in [0.29, 0.717) is 12.5 Å². The molecule has 3 rings (SSSR count). The van der Waals surface area contributed by atoms with Gasteiger partial charge in [0.2, 0.25) is 0 Å². The average Bonchev–Trinajstić information content (AvgIpc) is 3.20. The maximum atomic E-state index is 10.4. The summed E-state index contributed by atoms with van der Waals surface area (Å²) in [6.45, 7) is 3.68. The maximum Gasteiger partial charge on any atom is 0.191 e. The zero-order valence-corrected chi connectivity index (χ0v) is 17.9. The van der Waals surface area contributed by atoms with Crippen LogP contribution in [0.25, 0.3) is 10.1 Å². The second-order valence-corrected chi connectivity index (χ2v) is 7.57. The average molecular weight is 474 g/mol. The van der Waals surface area contributed by atoms with E-state index in [9.17, 15) is 5.11 Å². The minimum atomic E-state index is -0.529. The standard InChI is InChI=1S/C18H26N4OS.HI/c1-19-18(20-10-13-7-8-22(2)12-13)21-11-15(23)17-9-14-5-3-4-6-16(14)24-17;/h3-6,9,13,15,23H,7-8,10-12H2,1-2H3,(H2,19,20,21);1H. The summed E-state index contributed by atoms with van der Waals surface area (Å²) in [6, 6.07) is 10.3. The first-order valence-electron chi connectivity index (χ1n) is 8.45. The van der Waals surface area contributed by atoms with E-state index >= 15 is 0 Å². The van der Waals surface area contributed by atoms with Gasteiger partial charge in [-0.2, -0.15) is 0 Å². The number of guanidine groups is 1. The second kappa shape index (κ2) is 9.70. The van der Waals surface area contributed by atoms with E-state index in [1.165, 1.54) is 23.1 Å². The Morgan fingerprint density at radius 1 is 1.40 bits per heavy atom. The number of thiophene rings is 1. The summed E-state index contributed by atoms with van der Waals surface area (Å²) in [5.74, 6) is 1.42. The third kappa shape index (κ3) is 5.54. The molecule has 1 aliphatic heterocycles. The van der Waals surface area contributed by atoms with Gasteiger partial charge in [0.25, 0.3) is 0 Å². The molecule has 1 saturated heterocycles. The van der Waals surface area contributed by atoms with Crippen LogP contribution in [0.1, 0.15) is 17.4 Å². The van der Waals surface area contributed by atoms with Gasteiger partial charge in [0.15, 0.2) is 5.96 Å². The highest BCUT2D eigenvalue weighted by Gasteiger charge is 2.19. The van der Waals surface area contributed by atoms with Gasteiger partial charge in [-0.15, -0.1) is 35.3 Å². The number of aliphatic hydroxyl groups is 1. The number of hydrogen-bond acceptors (Lipinski definition) is 4. The fourth-order valence-electron chi connectivity index (χ4n) is 3.12. The van der Waals surface area contributed by atoms with Crippen molar-refractivity contribution in [3.8, 4) is 0 Å². The number of halogens is 1. The topological polar surface area (TPSA) is 59.9 Å². The van der Waals surface area contributed by atoms with Crippen molar-refractivity contribution in [2.24, 2.45) is 10.9 Å². The zero-order valence-electron chi connectivity index (χ0n) is 14.7. The van der Waals surface area contributed by atoms with Gasteiger partial charge in [-0.1, -0.05) is 18.2 Å². The van der Waals surface area contributed by atoms with Crippen LogP contribution in [0.5, 0.6) is 0 Å². The van der Waals surface area contributed by atoms with E-state index in [4.69, 9.17) is 0 Å². The molecule has 0 aliphatic carbocycles. The van der Waals surface area contributed by atoms with Crippen LogP contribution in [0.2, 0.25) is 0 Å². The number of aliphatic hydroxyl groups excluding tert-OH is 1. The number of nitrogens with zero attached hydrogens (tertiary/aromatic N) is 2. The summed E-state index contributed by atoms with van der Waals surface area (Å²) >= 11 is 1.64. The molecular weight excluding hydrogens is 447 g/mol. The van der Waals surface area contributed by atoms with Crippen LogP contribution in [-0.4, -0.2) is 56.2 Å². The Kier molecular flexibility index (Phi) is 7.92. The summed E-state index contributed by atoms with van der Waals surface area (Å²) in [5, 5.41) is 18.2. The molecule has 1 aromatic carbocycles. The Bertz CT molecular complexity index is 672. The van der Waals surface area contributed by atoms with Crippen LogP contribution in [-0.2, 0) is 0 Å². The number of benzene rings is 1. The number of rotatable bonds is 5. The molecule has 138 valence electrons. The molecule has 5 nitrogen and oxygen atoms in total. The molecule has 25 heavy (non-hydrogen) atoms. The first-order valence-corrected chi connectivity index (χ1v) is 9.27. The third-order valence-corrected chi connectivity index (χ3v) is 5.72. The summed E-state index contributed by atoms with van der Waals surface area (Å²) in [4.78, 5) is 7.59. The first-order chi connectivity index (χ1) is 11.7. The van der Waals surface area contributed by atoms with E-state index in [-0.39, 0.29) is 24.0 Å². The van der Waals surface area contributed by atoms with Gasteiger partial charge in [0.1, 0.15) is 6.10 Å². The SMILES string of the molecule is CN=C(NCC1CCN(C)C1)NCC(O)c1cc2ccccc2s1.I. The fraction of sp³-hybridized carbons (Fsp3) is 0.500. The predicted molar refractivity (Wildman–Crippen MR) is 117 cm³/mol. The van der Waals surface area contributed by atoms with Gasteiger partial charge in [-0.3, -0.25) is 4.99 Å². The molecule has 7 heteroatoms.